The molecule has 5 rings (SSSR count). The molecule has 6 nitrogen and oxygen atoms in total. The van der Waals surface area contributed by atoms with Crippen LogP contribution in [-0.4, -0.2) is 58.9 Å². The molecule has 3 heterocycles. The zero-order valence-corrected chi connectivity index (χ0v) is 23.2. The molecule has 3 amide bonds. The van der Waals surface area contributed by atoms with E-state index in [9.17, 15) is 14.0 Å². The number of aryl methyl sites for hydroxylation is 1. The van der Waals surface area contributed by atoms with E-state index in [2.05, 4.69) is 41.5 Å². The number of amides is 3. The number of hydrogen-bond donors (Lipinski definition) is 1. The molecule has 1 aromatic heterocycles. The van der Waals surface area contributed by atoms with Gasteiger partial charge in [0.15, 0.2) is 0 Å². The molecule has 2 aromatic carbocycles. The predicted octanol–water partition coefficient (Wildman–Crippen LogP) is 6.28. The first kappa shape index (κ1) is 28.3. The molecule has 206 valence electrons. The Morgan fingerprint density at radius 2 is 1.69 bits per heavy atom. The zero-order valence-electron chi connectivity index (χ0n) is 23.2. The van der Waals surface area contributed by atoms with Gasteiger partial charge in [0, 0.05) is 49.9 Å². The van der Waals surface area contributed by atoms with Crippen molar-refractivity contribution in [2.45, 2.75) is 58.4 Å². The molecule has 2 saturated heterocycles. The number of likely N-dealkylation sites (tertiary alicyclic amines) is 2. The fourth-order valence-corrected chi connectivity index (χ4v) is 5.36. The number of urea groups is 1. The third-order valence-electron chi connectivity index (χ3n) is 7.45. The van der Waals surface area contributed by atoms with Gasteiger partial charge >= 0.3 is 6.03 Å². The molecular formula is C32H39FN4O2. The van der Waals surface area contributed by atoms with Crippen molar-refractivity contribution in [1.82, 2.24) is 20.1 Å². The number of hydrogen-bond acceptors (Lipinski definition) is 3. The molecule has 0 aliphatic carbocycles. The van der Waals surface area contributed by atoms with Gasteiger partial charge in [-0.05, 0) is 60.6 Å². The molecule has 2 fully saturated rings. The largest absolute Gasteiger partial charge is 0.346 e. The zero-order chi connectivity index (χ0) is 27.8. The molecule has 39 heavy (non-hydrogen) atoms. The van der Waals surface area contributed by atoms with Gasteiger partial charge in [0.05, 0.1) is 0 Å². The van der Waals surface area contributed by atoms with Crippen molar-refractivity contribution in [3.63, 3.8) is 0 Å². The predicted molar refractivity (Wildman–Crippen MR) is 153 cm³/mol. The molecule has 0 radical (unpaired) electrons. The Bertz CT molecular complexity index is 1240. The second kappa shape index (κ2) is 13.4. The summed E-state index contributed by atoms with van der Waals surface area (Å²) in [4.78, 5) is 34.6. The highest BCUT2D eigenvalue weighted by Gasteiger charge is 2.34. The highest BCUT2D eigenvalue weighted by molar-refractivity contribution is 5.92. The van der Waals surface area contributed by atoms with Crippen molar-refractivity contribution in [2.75, 3.05) is 26.2 Å². The summed E-state index contributed by atoms with van der Waals surface area (Å²) in [5.41, 5.74) is 4.22. The Morgan fingerprint density at radius 1 is 0.949 bits per heavy atom. The first-order chi connectivity index (χ1) is 19.0. The summed E-state index contributed by atoms with van der Waals surface area (Å²) in [7, 11) is 0. The molecule has 2 atom stereocenters. The Labute approximate surface area is 231 Å². The quantitative estimate of drug-likeness (QED) is 0.422. The normalized spacial score (nSPS) is 18.8. The minimum absolute atomic E-state index is 0.0594. The van der Waals surface area contributed by atoms with E-state index in [0.717, 1.165) is 44.3 Å². The van der Waals surface area contributed by atoms with Gasteiger partial charge in [-0.3, -0.25) is 9.78 Å². The van der Waals surface area contributed by atoms with Crippen molar-refractivity contribution in [2.24, 2.45) is 0 Å². The number of carbonyl (C=O) groups excluding carboxylic acids is 2. The number of halogens is 1. The van der Waals surface area contributed by atoms with Crippen molar-refractivity contribution in [3.05, 3.63) is 89.5 Å². The molecule has 0 spiro atoms. The molecule has 2 aliphatic rings. The topological polar surface area (TPSA) is 65.5 Å². The van der Waals surface area contributed by atoms with E-state index in [1.165, 1.54) is 23.3 Å². The highest BCUT2D eigenvalue weighted by atomic mass is 19.1. The van der Waals surface area contributed by atoms with Crippen LogP contribution in [0.15, 0.2) is 66.9 Å². The number of nitrogens with one attached hydrogen (secondary N) is 1. The molecule has 2 aliphatic heterocycles. The van der Waals surface area contributed by atoms with Crippen LogP contribution in [0, 0.1) is 5.82 Å². The van der Waals surface area contributed by atoms with Gasteiger partial charge in [0.25, 0.3) is 5.91 Å². The van der Waals surface area contributed by atoms with E-state index in [1.807, 2.05) is 23.6 Å². The van der Waals surface area contributed by atoms with Gasteiger partial charge in [0.2, 0.25) is 0 Å². The van der Waals surface area contributed by atoms with Gasteiger partial charge in [-0.2, -0.15) is 0 Å². The number of rotatable bonds is 5. The summed E-state index contributed by atoms with van der Waals surface area (Å²) in [5, 5.41) is 3.13. The van der Waals surface area contributed by atoms with E-state index >= 15 is 0 Å². The fraction of sp³-hybridized carbons (Fsp3) is 0.406. The third-order valence-corrected chi connectivity index (χ3v) is 7.45. The van der Waals surface area contributed by atoms with Crippen LogP contribution in [0.5, 0.6) is 0 Å². The molecule has 2 unspecified atom stereocenters. The van der Waals surface area contributed by atoms with Gasteiger partial charge < -0.3 is 15.1 Å². The number of benzene rings is 2. The standard InChI is InChI=1S/C30H33FN4O2.C2H6/c1-2-21-8-10-22(11-9-21)25-17-27(20-35(19-25)30(37)34-14-3-4-15-34)33-29(36)28-13-12-24(18-32-28)23-6-5-7-26(31)16-23;1-2/h5-13,16,18,25,27H,2-4,14-15,17,19-20H2,1H3,(H,33,36);1-2H3. The van der Waals surface area contributed by atoms with Gasteiger partial charge in [-0.15, -0.1) is 0 Å². The lowest BCUT2D eigenvalue weighted by molar-refractivity contribution is 0.0886. The van der Waals surface area contributed by atoms with Crippen LogP contribution in [0.2, 0.25) is 0 Å². The van der Waals surface area contributed by atoms with E-state index in [4.69, 9.17) is 0 Å². The first-order valence-corrected chi connectivity index (χ1v) is 14.2. The van der Waals surface area contributed by atoms with Crippen LogP contribution in [0.25, 0.3) is 11.1 Å². The van der Waals surface area contributed by atoms with Crippen LogP contribution in [0.4, 0.5) is 9.18 Å². The van der Waals surface area contributed by atoms with E-state index in [-0.39, 0.29) is 29.7 Å². The van der Waals surface area contributed by atoms with Crippen LogP contribution < -0.4 is 5.32 Å². The van der Waals surface area contributed by atoms with Crippen molar-refractivity contribution < 1.29 is 14.0 Å². The molecule has 0 bridgehead atoms. The fourth-order valence-electron chi connectivity index (χ4n) is 5.36. The second-order valence-corrected chi connectivity index (χ2v) is 10.0. The smallest absolute Gasteiger partial charge is 0.320 e. The molecule has 7 heteroatoms. The molecule has 3 aromatic rings. The van der Waals surface area contributed by atoms with Crippen LogP contribution in [0.3, 0.4) is 0 Å². The van der Waals surface area contributed by atoms with Crippen LogP contribution >= 0.6 is 0 Å². The molecular weight excluding hydrogens is 491 g/mol. The number of aromatic nitrogens is 1. The summed E-state index contributed by atoms with van der Waals surface area (Å²) in [5.74, 6) is -0.449. The van der Waals surface area contributed by atoms with E-state index in [1.54, 1.807) is 30.5 Å². The minimum Gasteiger partial charge on any atom is -0.346 e. The van der Waals surface area contributed by atoms with Crippen LogP contribution in [-0.2, 0) is 6.42 Å². The Balaban J connectivity index is 0.00000172. The maximum Gasteiger partial charge on any atom is 0.320 e. The SMILES string of the molecule is CC.CCc1ccc(C2CC(NC(=O)c3ccc(-c4cccc(F)c4)cn3)CN(C(=O)N3CCCC3)C2)cc1. The summed E-state index contributed by atoms with van der Waals surface area (Å²) >= 11 is 0. The molecule has 0 saturated carbocycles. The third kappa shape index (κ3) is 7.02. The monoisotopic (exact) mass is 530 g/mol. The Morgan fingerprint density at radius 3 is 2.33 bits per heavy atom. The lowest BCUT2D eigenvalue weighted by atomic mass is 9.87. The Kier molecular flexibility index (Phi) is 9.69. The van der Waals surface area contributed by atoms with Gasteiger partial charge in [-0.1, -0.05) is 63.2 Å². The maximum absolute atomic E-state index is 13.6. The van der Waals surface area contributed by atoms with Crippen molar-refractivity contribution in [1.29, 1.82) is 0 Å². The lowest BCUT2D eigenvalue weighted by Crippen LogP contribution is -2.54. The maximum atomic E-state index is 13.6. The summed E-state index contributed by atoms with van der Waals surface area (Å²) < 4.78 is 13.6. The molecule has 1 N–H and O–H groups in total. The highest BCUT2D eigenvalue weighted by Crippen LogP contribution is 2.29. The van der Waals surface area contributed by atoms with Crippen molar-refractivity contribution >= 4 is 11.9 Å². The number of pyridine rings is 1. The van der Waals surface area contributed by atoms with E-state index < -0.39 is 0 Å². The Hall–Kier alpha value is -3.74. The van der Waals surface area contributed by atoms with Crippen molar-refractivity contribution in [3.8, 4) is 11.1 Å². The number of piperidine rings is 1. The average molecular weight is 531 g/mol. The van der Waals surface area contributed by atoms with Crippen LogP contribution in [0.1, 0.15) is 67.6 Å². The van der Waals surface area contributed by atoms with Gasteiger partial charge in [0.1, 0.15) is 11.5 Å². The average Bonchev–Trinajstić information content (AvgIpc) is 3.53. The first-order valence-electron chi connectivity index (χ1n) is 14.2. The minimum atomic E-state index is -0.316. The van der Waals surface area contributed by atoms with Gasteiger partial charge in [-0.25, -0.2) is 9.18 Å². The number of carbonyl (C=O) groups is 2. The summed E-state index contributed by atoms with van der Waals surface area (Å²) in [6.07, 6.45) is 5.40. The number of nitrogens with zero attached hydrogens (tertiary/aromatic N) is 3. The summed E-state index contributed by atoms with van der Waals surface area (Å²) in [6.45, 7) is 8.85. The van der Waals surface area contributed by atoms with E-state index in [0.29, 0.717) is 24.3 Å². The lowest BCUT2D eigenvalue weighted by Gasteiger charge is -2.40. The summed E-state index contributed by atoms with van der Waals surface area (Å²) in [6, 6.07) is 18.2. The second-order valence-electron chi connectivity index (χ2n) is 10.0.